The molecule has 2 aromatic carbocycles. The van der Waals surface area contributed by atoms with Crippen LogP contribution in [-0.4, -0.2) is 22.5 Å². The van der Waals surface area contributed by atoms with Crippen LogP contribution >= 0.6 is 27.5 Å². The fourth-order valence-corrected chi connectivity index (χ4v) is 3.23. The monoisotopic (exact) mass is 410 g/mol. The van der Waals surface area contributed by atoms with E-state index in [9.17, 15) is 20.0 Å². The third-order valence-electron chi connectivity index (χ3n) is 3.91. The van der Waals surface area contributed by atoms with Crippen LogP contribution in [0, 0.1) is 10.1 Å². The predicted molar refractivity (Wildman–Crippen MR) is 92.5 cm³/mol. The molecule has 0 saturated heterocycles. The number of amides is 1. The van der Waals surface area contributed by atoms with Gasteiger partial charge >= 0.3 is 0 Å². The number of nitro groups is 1. The lowest BCUT2D eigenvalue weighted by Gasteiger charge is -2.20. The molecule has 3 rings (SSSR count). The minimum absolute atomic E-state index is 0.161. The van der Waals surface area contributed by atoms with Crippen LogP contribution < -0.4 is 4.90 Å². The Kier molecular flexibility index (Phi) is 4.33. The number of aliphatic hydroxyl groups is 1. The molecule has 1 aliphatic heterocycles. The number of halogens is 2. The minimum atomic E-state index is -2.21. The van der Waals surface area contributed by atoms with E-state index in [1.165, 1.54) is 11.0 Å². The molecule has 6 nitrogen and oxygen atoms in total. The van der Waals surface area contributed by atoms with Gasteiger partial charge in [-0.25, -0.2) is 0 Å². The zero-order valence-electron chi connectivity index (χ0n) is 12.3. The molecule has 0 saturated carbocycles. The molecule has 1 N–H and O–H groups in total. The Hall–Kier alpha value is -1.96. The fourth-order valence-electron chi connectivity index (χ4n) is 2.79. The average molecular weight is 412 g/mol. The summed E-state index contributed by atoms with van der Waals surface area (Å²) >= 11 is 9.28. The number of hydrogen-bond donors (Lipinski definition) is 1. The van der Waals surface area contributed by atoms with Crippen molar-refractivity contribution in [2.24, 2.45) is 0 Å². The van der Waals surface area contributed by atoms with Crippen LogP contribution in [0.15, 0.2) is 46.9 Å². The van der Waals surface area contributed by atoms with Crippen molar-refractivity contribution >= 4 is 39.1 Å². The second kappa shape index (κ2) is 6.16. The van der Waals surface area contributed by atoms with Crippen LogP contribution in [-0.2, 0) is 16.9 Å². The van der Waals surface area contributed by atoms with Gasteiger partial charge in [-0.2, -0.15) is 0 Å². The molecule has 0 aromatic heterocycles. The maximum Gasteiger partial charge on any atom is 0.271 e. The fraction of sp³-hybridized carbons (Fsp3) is 0.188. The van der Waals surface area contributed by atoms with Crippen LogP contribution in [0.2, 0.25) is 5.02 Å². The summed E-state index contributed by atoms with van der Waals surface area (Å²) in [5, 5.41) is 21.9. The quantitative estimate of drug-likeness (QED) is 0.619. The summed E-state index contributed by atoms with van der Waals surface area (Å²) in [6, 6.07) is 11.9. The van der Waals surface area contributed by atoms with E-state index < -0.39 is 23.0 Å². The van der Waals surface area contributed by atoms with Gasteiger partial charge in [-0.05, 0) is 35.9 Å². The van der Waals surface area contributed by atoms with E-state index in [2.05, 4.69) is 15.9 Å². The lowest BCUT2D eigenvalue weighted by Crippen LogP contribution is -2.44. The summed E-state index contributed by atoms with van der Waals surface area (Å²) < 4.78 is 0.899. The standard InChI is InChI=1S/C16H12BrClN2O4/c17-11-3-1-10(2-4-11)8-19-14-6-5-12(18)7-13(14)16(22,15(19)21)9-20(23)24/h1-7,22H,8-9H2. The lowest BCUT2D eigenvalue weighted by molar-refractivity contribution is -0.498. The topological polar surface area (TPSA) is 83.7 Å². The SMILES string of the molecule is O=C1N(Cc2ccc(Br)cc2)c2ccc(Cl)cc2C1(O)C[N+](=O)[O-]. The van der Waals surface area contributed by atoms with Crippen LogP contribution in [0.4, 0.5) is 5.69 Å². The smallest absolute Gasteiger partial charge is 0.271 e. The summed E-state index contributed by atoms with van der Waals surface area (Å²) in [7, 11) is 0. The first-order valence-corrected chi connectivity index (χ1v) is 8.19. The summed E-state index contributed by atoms with van der Waals surface area (Å²) in [5.41, 5.74) is -0.790. The van der Waals surface area contributed by atoms with Gasteiger partial charge in [-0.1, -0.05) is 39.7 Å². The second-order valence-corrected chi connectivity index (χ2v) is 6.88. The first-order chi connectivity index (χ1) is 11.3. The van der Waals surface area contributed by atoms with Gasteiger partial charge in [0.2, 0.25) is 12.1 Å². The molecule has 0 fully saturated rings. The first kappa shape index (κ1) is 16.9. The molecule has 1 atom stereocenters. The summed E-state index contributed by atoms with van der Waals surface area (Å²) in [6.07, 6.45) is 0. The molecular weight excluding hydrogens is 400 g/mol. The van der Waals surface area contributed by atoms with E-state index in [1.54, 1.807) is 12.1 Å². The number of hydrogen-bond acceptors (Lipinski definition) is 4. The number of rotatable bonds is 4. The number of nitrogens with zero attached hydrogens (tertiary/aromatic N) is 2. The Bertz CT molecular complexity index is 827. The van der Waals surface area contributed by atoms with E-state index in [4.69, 9.17) is 11.6 Å². The first-order valence-electron chi connectivity index (χ1n) is 7.02. The van der Waals surface area contributed by atoms with Crippen LogP contribution in [0.25, 0.3) is 0 Å². The number of benzene rings is 2. The number of fused-ring (bicyclic) bond motifs is 1. The van der Waals surface area contributed by atoms with Crippen molar-refractivity contribution in [3.8, 4) is 0 Å². The highest BCUT2D eigenvalue weighted by Crippen LogP contribution is 2.42. The van der Waals surface area contributed by atoms with Crippen LogP contribution in [0.3, 0.4) is 0 Å². The van der Waals surface area contributed by atoms with Crippen molar-refractivity contribution in [2.45, 2.75) is 12.1 Å². The van der Waals surface area contributed by atoms with Gasteiger partial charge in [0, 0.05) is 20.0 Å². The largest absolute Gasteiger partial charge is 0.370 e. The molecule has 8 heteroatoms. The Morgan fingerprint density at radius 2 is 1.92 bits per heavy atom. The highest BCUT2D eigenvalue weighted by Gasteiger charge is 2.53. The van der Waals surface area contributed by atoms with E-state index in [0.29, 0.717) is 10.7 Å². The Labute approximate surface area is 150 Å². The number of anilines is 1. The molecule has 1 aliphatic rings. The molecule has 0 aliphatic carbocycles. The molecule has 1 unspecified atom stereocenters. The molecule has 2 aromatic rings. The van der Waals surface area contributed by atoms with Crippen molar-refractivity contribution in [2.75, 3.05) is 11.4 Å². The summed E-state index contributed by atoms with van der Waals surface area (Å²) in [4.78, 5) is 24.3. The van der Waals surface area contributed by atoms with Gasteiger partial charge in [-0.3, -0.25) is 14.9 Å². The van der Waals surface area contributed by atoms with Crippen LogP contribution in [0.5, 0.6) is 0 Å². The van der Waals surface area contributed by atoms with Gasteiger partial charge in [0.1, 0.15) is 0 Å². The maximum atomic E-state index is 12.7. The summed E-state index contributed by atoms with van der Waals surface area (Å²) in [5.74, 6) is -0.723. The second-order valence-electron chi connectivity index (χ2n) is 5.53. The molecule has 0 bridgehead atoms. The van der Waals surface area contributed by atoms with E-state index >= 15 is 0 Å². The molecule has 0 spiro atoms. The number of carbonyl (C=O) groups excluding carboxylic acids is 1. The van der Waals surface area contributed by atoms with Gasteiger partial charge in [0.25, 0.3) is 5.91 Å². The lowest BCUT2D eigenvalue weighted by atomic mass is 9.95. The highest BCUT2D eigenvalue weighted by atomic mass is 79.9. The Morgan fingerprint density at radius 1 is 1.25 bits per heavy atom. The number of carbonyl (C=O) groups is 1. The molecule has 1 heterocycles. The Morgan fingerprint density at radius 3 is 2.54 bits per heavy atom. The molecular formula is C16H12BrClN2O4. The van der Waals surface area contributed by atoms with E-state index in [0.717, 1.165) is 10.0 Å². The van der Waals surface area contributed by atoms with E-state index in [1.807, 2.05) is 24.3 Å². The molecule has 24 heavy (non-hydrogen) atoms. The zero-order chi connectivity index (χ0) is 17.5. The molecule has 124 valence electrons. The predicted octanol–water partition coefficient (Wildman–Crippen LogP) is 3.11. The average Bonchev–Trinajstić information content (AvgIpc) is 2.71. The van der Waals surface area contributed by atoms with Crippen molar-refractivity contribution in [3.05, 3.63) is 73.2 Å². The maximum absolute atomic E-state index is 12.7. The van der Waals surface area contributed by atoms with Crippen molar-refractivity contribution < 1.29 is 14.8 Å². The van der Waals surface area contributed by atoms with Crippen molar-refractivity contribution in [3.63, 3.8) is 0 Å². The molecule has 0 radical (unpaired) electrons. The minimum Gasteiger partial charge on any atom is -0.370 e. The third kappa shape index (κ3) is 2.90. The van der Waals surface area contributed by atoms with Crippen molar-refractivity contribution in [1.82, 2.24) is 0 Å². The summed E-state index contributed by atoms with van der Waals surface area (Å²) in [6.45, 7) is -0.712. The Balaban J connectivity index is 2.04. The van der Waals surface area contributed by atoms with E-state index in [-0.39, 0.29) is 12.1 Å². The highest BCUT2D eigenvalue weighted by molar-refractivity contribution is 9.10. The normalized spacial score (nSPS) is 19.5. The van der Waals surface area contributed by atoms with Crippen LogP contribution in [0.1, 0.15) is 11.1 Å². The van der Waals surface area contributed by atoms with Gasteiger partial charge < -0.3 is 10.0 Å². The molecule has 1 amide bonds. The van der Waals surface area contributed by atoms with Gasteiger partial charge in [0.15, 0.2) is 0 Å². The van der Waals surface area contributed by atoms with Gasteiger partial charge in [0.05, 0.1) is 12.2 Å². The zero-order valence-corrected chi connectivity index (χ0v) is 14.6. The third-order valence-corrected chi connectivity index (χ3v) is 4.67. The van der Waals surface area contributed by atoms with Crippen molar-refractivity contribution in [1.29, 1.82) is 0 Å². The van der Waals surface area contributed by atoms with Gasteiger partial charge in [-0.15, -0.1) is 0 Å².